The summed E-state index contributed by atoms with van der Waals surface area (Å²) in [4.78, 5) is 23.1. The number of carbonyl (C=O) groups is 2. The Kier molecular flexibility index (Phi) is 6.58. The molecule has 5 N–H and O–H groups in total. The standard InChI is InChI=1S/C21H17F3N4O4S/c22-21(23,24)14-3-1-6-17(11-14)28-33(31,32)18-9-7-13(8-10-18)19(29)26-15-4-2-5-16(12-15)27-20(25)30/h1-12,28H,(H,26,29)(H3,25,27,30). The van der Waals surface area contributed by atoms with E-state index in [4.69, 9.17) is 5.73 Å². The van der Waals surface area contributed by atoms with Gasteiger partial charge < -0.3 is 16.4 Å². The third-order valence-corrected chi connectivity index (χ3v) is 5.65. The number of hydrogen-bond acceptors (Lipinski definition) is 4. The number of urea groups is 1. The first-order valence-corrected chi connectivity index (χ1v) is 10.7. The lowest BCUT2D eigenvalue weighted by atomic mass is 10.2. The van der Waals surface area contributed by atoms with Crippen LogP contribution in [0.2, 0.25) is 0 Å². The Hall–Kier alpha value is -4.06. The van der Waals surface area contributed by atoms with Crippen LogP contribution in [0.5, 0.6) is 0 Å². The molecular weight excluding hydrogens is 461 g/mol. The number of hydrogen-bond donors (Lipinski definition) is 4. The van der Waals surface area contributed by atoms with E-state index in [1.807, 2.05) is 0 Å². The van der Waals surface area contributed by atoms with Crippen LogP contribution in [0.15, 0.2) is 77.7 Å². The molecular formula is C21H17F3N4O4S. The molecule has 0 aromatic heterocycles. The molecule has 0 aliphatic rings. The van der Waals surface area contributed by atoms with E-state index in [-0.39, 0.29) is 16.1 Å². The molecule has 0 unspecified atom stereocenters. The van der Waals surface area contributed by atoms with Gasteiger partial charge in [0.25, 0.3) is 15.9 Å². The zero-order chi connectivity index (χ0) is 24.2. The molecule has 172 valence electrons. The lowest BCUT2D eigenvalue weighted by Gasteiger charge is -2.12. The van der Waals surface area contributed by atoms with Crippen molar-refractivity contribution in [1.82, 2.24) is 0 Å². The Morgan fingerprint density at radius 1 is 0.788 bits per heavy atom. The van der Waals surface area contributed by atoms with Crippen molar-refractivity contribution in [3.05, 3.63) is 83.9 Å². The average molecular weight is 478 g/mol. The van der Waals surface area contributed by atoms with Crippen LogP contribution in [0.1, 0.15) is 15.9 Å². The monoisotopic (exact) mass is 478 g/mol. The van der Waals surface area contributed by atoms with Gasteiger partial charge in [-0.3, -0.25) is 9.52 Å². The van der Waals surface area contributed by atoms with E-state index in [0.29, 0.717) is 17.4 Å². The SMILES string of the molecule is NC(=O)Nc1cccc(NC(=O)c2ccc(S(=O)(=O)Nc3cccc(C(F)(F)F)c3)cc2)c1. The third-order valence-electron chi connectivity index (χ3n) is 4.26. The first kappa shape index (κ1) is 23.6. The van der Waals surface area contributed by atoms with Crippen LogP contribution in [0, 0.1) is 0 Å². The van der Waals surface area contributed by atoms with E-state index in [1.165, 1.54) is 24.3 Å². The Labute approximate surface area is 186 Å². The van der Waals surface area contributed by atoms with Gasteiger partial charge in [-0.2, -0.15) is 13.2 Å². The fraction of sp³-hybridized carbons (Fsp3) is 0.0476. The second-order valence-electron chi connectivity index (χ2n) is 6.73. The molecule has 0 bridgehead atoms. The topological polar surface area (TPSA) is 130 Å². The Morgan fingerprint density at radius 2 is 1.36 bits per heavy atom. The van der Waals surface area contributed by atoms with E-state index in [9.17, 15) is 31.2 Å². The fourth-order valence-corrected chi connectivity index (χ4v) is 3.83. The van der Waals surface area contributed by atoms with Gasteiger partial charge in [-0.15, -0.1) is 0 Å². The van der Waals surface area contributed by atoms with E-state index in [0.717, 1.165) is 24.3 Å². The molecule has 0 radical (unpaired) electrons. The smallest absolute Gasteiger partial charge is 0.351 e. The molecule has 0 aliphatic heterocycles. The van der Waals surface area contributed by atoms with Crippen molar-refractivity contribution in [3.8, 4) is 0 Å². The number of benzene rings is 3. The van der Waals surface area contributed by atoms with Crippen LogP contribution < -0.4 is 21.1 Å². The second-order valence-corrected chi connectivity index (χ2v) is 8.42. The predicted octanol–water partition coefficient (Wildman–Crippen LogP) is 4.25. The summed E-state index contributed by atoms with van der Waals surface area (Å²) >= 11 is 0. The second kappa shape index (κ2) is 9.20. The zero-order valence-corrected chi connectivity index (χ0v) is 17.5. The molecule has 0 aliphatic carbocycles. The Morgan fingerprint density at radius 3 is 1.97 bits per heavy atom. The number of anilines is 3. The van der Waals surface area contributed by atoms with Crippen LogP contribution in [-0.4, -0.2) is 20.4 Å². The van der Waals surface area contributed by atoms with Crippen molar-refractivity contribution < 1.29 is 31.2 Å². The van der Waals surface area contributed by atoms with Gasteiger partial charge in [-0.05, 0) is 60.7 Å². The molecule has 0 heterocycles. The predicted molar refractivity (Wildman–Crippen MR) is 116 cm³/mol. The number of alkyl halides is 3. The van der Waals surface area contributed by atoms with Crippen LogP contribution in [0.25, 0.3) is 0 Å². The molecule has 0 saturated carbocycles. The van der Waals surface area contributed by atoms with Crippen molar-refractivity contribution in [2.75, 3.05) is 15.4 Å². The zero-order valence-electron chi connectivity index (χ0n) is 16.7. The minimum atomic E-state index is -4.62. The Bertz CT molecular complexity index is 1290. The molecule has 3 aromatic rings. The summed E-state index contributed by atoms with van der Waals surface area (Å²) in [6, 6.07) is 14.0. The van der Waals surface area contributed by atoms with Gasteiger partial charge in [0.1, 0.15) is 0 Å². The highest BCUT2D eigenvalue weighted by Gasteiger charge is 2.30. The lowest BCUT2D eigenvalue weighted by Crippen LogP contribution is -2.19. The van der Waals surface area contributed by atoms with Crippen LogP contribution >= 0.6 is 0 Å². The quantitative estimate of drug-likeness (QED) is 0.422. The van der Waals surface area contributed by atoms with Crippen molar-refractivity contribution in [3.63, 3.8) is 0 Å². The van der Waals surface area contributed by atoms with Gasteiger partial charge >= 0.3 is 12.2 Å². The van der Waals surface area contributed by atoms with Crippen molar-refractivity contribution >= 4 is 39.0 Å². The maximum absolute atomic E-state index is 12.8. The van der Waals surface area contributed by atoms with Gasteiger partial charge in [0.05, 0.1) is 10.5 Å². The number of halogens is 3. The summed E-state index contributed by atoms with van der Waals surface area (Å²) in [5, 5.41) is 4.95. The highest BCUT2D eigenvalue weighted by Crippen LogP contribution is 2.31. The van der Waals surface area contributed by atoms with E-state index >= 15 is 0 Å². The summed E-state index contributed by atoms with van der Waals surface area (Å²) in [5.74, 6) is -0.555. The largest absolute Gasteiger partial charge is 0.416 e. The number of nitrogens with two attached hydrogens (primary N) is 1. The van der Waals surface area contributed by atoms with Gasteiger partial charge in [-0.1, -0.05) is 12.1 Å². The highest BCUT2D eigenvalue weighted by atomic mass is 32.2. The first-order chi connectivity index (χ1) is 15.4. The number of nitrogens with one attached hydrogen (secondary N) is 3. The number of sulfonamides is 1. The lowest BCUT2D eigenvalue weighted by molar-refractivity contribution is -0.137. The number of carbonyl (C=O) groups excluding carboxylic acids is 2. The molecule has 8 nitrogen and oxygen atoms in total. The average Bonchev–Trinajstić information content (AvgIpc) is 2.73. The third kappa shape index (κ3) is 6.23. The molecule has 3 rings (SSSR count). The maximum Gasteiger partial charge on any atom is 0.416 e. The summed E-state index contributed by atoms with van der Waals surface area (Å²) in [5.41, 5.74) is 4.65. The summed E-state index contributed by atoms with van der Waals surface area (Å²) in [6.45, 7) is 0. The van der Waals surface area contributed by atoms with Crippen molar-refractivity contribution in [2.45, 2.75) is 11.1 Å². The minimum Gasteiger partial charge on any atom is -0.351 e. The van der Waals surface area contributed by atoms with Gasteiger partial charge in [0, 0.05) is 22.6 Å². The van der Waals surface area contributed by atoms with Crippen LogP contribution in [-0.2, 0) is 16.2 Å². The summed E-state index contributed by atoms with van der Waals surface area (Å²) < 4.78 is 65.6. The van der Waals surface area contributed by atoms with Gasteiger partial charge in [0.15, 0.2) is 0 Å². The van der Waals surface area contributed by atoms with Gasteiger partial charge in [0.2, 0.25) is 0 Å². The van der Waals surface area contributed by atoms with Crippen molar-refractivity contribution in [1.29, 1.82) is 0 Å². The first-order valence-electron chi connectivity index (χ1n) is 9.22. The molecule has 0 atom stereocenters. The molecule has 12 heteroatoms. The minimum absolute atomic E-state index is 0.126. The molecule has 0 saturated heterocycles. The highest BCUT2D eigenvalue weighted by molar-refractivity contribution is 7.92. The molecule has 33 heavy (non-hydrogen) atoms. The van der Waals surface area contributed by atoms with Gasteiger partial charge in [-0.25, -0.2) is 13.2 Å². The fourth-order valence-electron chi connectivity index (χ4n) is 2.78. The van der Waals surface area contributed by atoms with E-state index < -0.39 is 33.7 Å². The molecule has 3 amide bonds. The van der Waals surface area contributed by atoms with Crippen LogP contribution in [0.3, 0.4) is 0 Å². The number of rotatable bonds is 6. The van der Waals surface area contributed by atoms with Crippen molar-refractivity contribution in [2.24, 2.45) is 5.73 Å². The normalized spacial score (nSPS) is 11.5. The molecule has 3 aromatic carbocycles. The summed E-state index contributed by atoms with van der Waals surface area (Å²) in [7, 11) is -4.20. The Balaban J connectivity index is 1.73. The molecule has 0 spiro atoms. The van der Waals surface area contributed by atoms with E-state index in [1.54, 1.807) is 18.2 Å². The molecule has 0 fully saturated rings. The number of primary amides is 1. The van der Waals surface area contributed by atoms with Crippen LogP contribution in [0.4, 0.5) is 35.0 Å². The summed E-state index contributed by atoms with van der Waals surface area (Å²) in [6.07, 6.45) is -4.62. The maximum atomic E-state index is 12.8. The number of amides is 3. The van der Waals surface area contributed by atoms with E-state index in [2.05, 4.69) is 15.4 Å².